The van der Waals surface area contributed by atoms with Gasteiger partial charge >= 0.3 is 0 Å². The van der Waals surface area contributed by atoms with Gasteiger partial charge in [0.25, 0.3) is 0 Å². The number of hydrogen-bond acceptors (Lipinski definition) is 4. The van der Waals surface area contributed by atoms with E-state index in [4.69, 9.17) is 9.47 Å². The van der Waals surface area contributed by atoms with Crippen LogP contribution in [0.1, 0.15) is 17.5 Å². The van der Waals surface area contributed by atoms with Crippen molar-refractivity contribution in [1.29, 1.82) is 0 Å². The minimum atomic E-state index is -0.529. The van der Waals surface area contributed by atoms with Gasteiger partial charge in [-0.3, -0.25) is 0 Å². The summed E-state index contributed by atoms with van der Waals surface area (Å²) in [7, 11) is 1.57. The normalized spacial score (nSPS) is 10.7. The van der Waals surface area contributed by atoms with Gasteiger partial charge < -0.3 is 9.47 Å². The van der Waals surface area contributed by atoms with E-state index in [-0.39, 0.29) is 6.61 Å². The molecule has 1 heterocycles. The van der Waals surface area contributed by atoms with E-state index < -0.39 is 6.67 Å². The standard InChI is InChI=1S/C15H17BrFNO2S/c1-3-14-11(9-16)18-15(21-14)10-4-5-12(19-2)13(8-10)20-7-6-17/h4-5,8H,3,6-7,9H2,1-2H3. The van der Waals surface area contributed by atoms with Crippen molar-refractivity contribution in [3.8, 4) is 22.1 Å². The van der Waals surface area contributed by atoms with Gasteiger partial charge in [0.05, 0.1) is 12.8 Å². The Labute approximate surface area is 136 Å². The second kappa shape index (κ2) is 7.75. The second-order valence-corrected chi connectivity index (χ2v) is 5.92. The lowest BCUT2D eigenvalue weighted by Crippen LogP contribution is -2.00. The van der Waals surface area contributed by atoms with Crippen LogP contribution in [0.25, 0.3) is 10.6 Å². The molecule has 0 saturated heterocycles. The Morgan fingerprint density at radius 1 is 1.33 bits per heavy atom. The van der Waals surface area contributed by atoms with Gasteiger partial charge in [0.2, 0.25) is 0 Å². The Bertz CT molecular complexity index is 582. The zero-order valence-corrected chi connectivity index (χ0v) is 14.4. The van der Waals surface area contributed by atoms with Crippen molar-refractivity contribution < 1.29 is 13.9 Å². The largest absolute Gasteiger partial charge is 0.493 e. The molecule has 0 aliphatic carbocycles. The lowest BCUT2D eigenvalue weighted by atomic mass is 10.2. The van der Waals surface area contributed by atoms with Crippen LogP contribution >= 0.6 is 27.3 Å². The van der Waals surface area contributed by atoms with E-state index in [0.29, 0.717) is 11.5 Å². The van der Waals surface area contributed by atoms with E-state index in [1.54, 1.807) is 18.4 Å². The molecule has 114 valence electrons. The highest BCUT2D eigenvalue weighted by Gasteiger charge is 2.13. The van der Waals surface area contributed by atoms with Gasteiger partial charge in [-0.15, -0.1) is 11.3 Å². The maximum Gasteiger partial charge on any atom is 0.161 e. The van der Waals surface area contributed by atoms with E-state index in [0.717, 1.165) is 28.0 Å². The zero-order valence-electron chi connectivity index (χ0n) is 12.0. The Morgan fingerprint density at radius 2 is 2.14 bits per heavy atom. The average Bonchev–Trinajstić information content (AvgIpc) is 2.95. The number of aryl methyl sites for hydroxylation is 1. The quantitative estimate of drug-likeness (QED) is 0.663. The smallest absolute Gasteiger partial charge is 0.161 e. The topological polar surface area (TPSA) is 31.4 Å². The molecular formula is C15H17BrFNO2S. The molecule has 2 aromatic rings. The number of alkyl halides is 2. The van der Waals surface area contributed by atoms with Gasteiger partial charge in [0, 0.05) is 15.8 Å². The molecule has 0 N–H and O–H groups in total. The highest BCUT2D eigenvalue weighted by Crippen LogP contribution is 2.35. The first-order valence-corrected chi connectivity index (χ1v) is 8.59. The Balaban J connectivity index is 2.37. The number of hydrogen-bond donors (Lipinski definition) is 0. The van der Waals surface area contributed by atoms with Crippen molar-refractivity contribution in [2.75, 3.05) is 20.4 Å². The van der Waals surface area contributed by atoms with Crippen molar-refractivity contribution >= 4 is 27.3 Å². The number of rotatable bonds is 7. The maximum absolute atomic E-state index is 12.3. The minimum absolute atomic E-state index is 0.0184. The van der Waals surface area contributed by atoms with Crippen LogP contribution in [0.4, 0.5) is 4.39 Å². The lowest BCUT2D eigenvalue weighted by Gasteiger charge is -2.10. The molecule has 0 fully saturated rings. The second-order valence-electron chi connectivity index (χ2n) is 4.28. The predicted molar refractivity (Wildman–Crippen MR) is 87.6 cm³/mol. The summed E-state index contributed by atoms with van der Waals surface area (Å²) in [6, 6.07) is 5.62. The van der Waals surface area contributed by atoms with E-state index in [1.165, 1.54) is 4.88 Å². The van der Waals surface area contributed by atoms with Crippen molar-refractivity contribution in [1.82, 2.24) is 4.98 Å². The van der Waals surface area contributed by atoms with Crippen LogP contribution in [0.5, 0.6) is 11.5 Å². The van der Waals surface area contributed by atoms with Crippen LogP contribution in [0.2, 0.25) is 0 Å². The van der Waals surface area contributed by atoms with Gasteiger partial charge in [-0.2, -0.15) is 0 Å². The van der Waals surface area contributed by atoms with Crippen LogP contribution in [-0.4, -0.2) is 25.4 Å². The molecule has 0 unspecified atom stereocenters. The first kappa shape index (κ1) is 16.2. The summed E-state index contributed by atoms with van der Waals surface area (Å²) in [5, 5.41) is 1.68. The van der Waals surface area contributed by atoms with Gasteiger partial charge in [0.15, 0.2) is 11.5 Å². The number of methoxy groups -OCH3 is 1. The van der Waals surface area contributed by atoms with Crippen LogP contribution in [-0.2, 0) is 11.8 Å². The molecule has 0 radical (unpaired) electrons. The third kappa shape index (κ3) is 3.74. The predicted octanol–water partition coefficient (Wildman–Crippen LogP) is 4.62. The summed E-state index contributed by atoms with van der Waals surface area (Å²) in [5.74, 6) is 1.14. The minimum Gasteiger partial charge on any atom is -0.493 e. The molecule has 0 atom stereocenters. The van der Waals surface area contributed by atoms with E-state index in [1.807, 2.05) is 18.2 Å². The summed E-state index contributed by atoms with van der Waals surface area (Å²) in [4.78, 5) is 5.92. The number of benzene rings is 1. The Hall–Kier alpha value is -1.14. The van der Waals surface area contributed by atoms with E-state index in [9.17, 15) is 4.39 Å². The summed E-state index contributed by atoms with van der Waals surface area (Å²) >= 11 is 5.14. The van der Waals surface area contributed by atoms with Crippen molar-refractivity contribution in [2.24, 2.45) is 0 Å². The number of ether oxygens (including phenoxy) is 2. The van der Waals surface area contributed by atoms with Crippen molar-refractivity contribution in [3.05, 3.63) is 28.8 Å². The molecule has 0 bridgehead atoms. The third-order valence-corrected chi connectivity index (χ3v) is 4.79. The molecule has 0 spiro atoms. The average molecular weight is 374 g/mol. The zero-order chi connectivity index (χ0) is 15.2. The first-order valence-electron chi connectivity index (χ1n) is 6.65. The number of nitrogens with zero attached hydrogens (tertiary/aromatic N) is 1. The van der Waals surface area contributed by atoms with Crippen LogP contribution in [0, 0.1) is 0 Å². The van der Waals surface area contributed by atoms with Crippen LogP contribution in [0.15, 0.2) is 18.2 Å². The molecule has 0 aliphatic heterocycles. The molecule has 0 aliphatic rings. The van der Waals surface area contributed by atoms with E-state index >= 15 is 0 Å². The lowest BCUT2D eigenvalue weighted by molar-refractivity contribution is 0.260. The van der Waals surface area contributed by atoms with E-state index in [2.05, 4.69) is 27.8 Å². The molecule has 2 rings (SSSR count). The summed E-state index contributed by atoms with van der Waals surface area (Å²) in [6.07, 6.45) is 0.958. The fraction of sp³-hybridized carbons (Fsp3) is 0.400. The molecule has 1 aromatic heterocycles. The van der Waals surface area contributed by atoms with Crippen molar-refractivity contribution in [2.45, 2.75) is 18.7 Å². The fourth-order valence-electron chi connectivity index (χ4n) is 1.96. The summed E-state index contributed by atoms with van der Waals surface area (Å²) in [5.41, 5.74) is 2.02. The molecule has 0 amide bonds. The van der Waals surface area contributed by atoms with Gasteiger partial charge in [0.1, 0.15) is 18.3 Å². The Morgan fingerprint density at radius 3 is 2.71 bits per heavy atom. The van der Waals surface area contributed by atoms with Crippen LogP contribution < -0.4 is 9.47 Å². The van der Waals surface area contributed by atoms with Gasteiger partial charge in [-0.1, -0.05) is 22.9 Å². The SMILES string of the molecule is CCc1sc(-c2ccc(OC)c(OCCF)c2)nc1CBr. The van der Waals surface area contributed by atoms with Gasteiger partial charge in [-0.25, -0.2) is 9.37 Å². The maximum atomic E-state index is 12.3. The molecule has 3 nitrogen and oxygen atoms in total. The highest BCUT2D eigenvalue weighted by atomic mass is 79.9. The third-order valence-electron chi connectivity index (χ3n) is 2.97. The molecule has 6 heteroatoms. The molecular weight excluding hydrogens is 357 g/mol. The van der Waals surface area contributed by atoms with Crippen LogP contribution in [0.3, 0.4) is 0 Å². The molecule has 0 saturated carbocycles. The molecule has 21 heavy (non-hydrogen) atoms. The number of aromatic nitrogens is 1. The summed E-state index contributed by atoms with van der Waals surface area (Å²) < 4.78 is 22.9. The number of thiazole rings is 1. The van der Waals surface area contributed by atoms with Gasteiger partial charge in [-0.05, 0) is 24.6 Å². The fourth-order valence-corrected chi connectivity index (χ4v) is 3.62. The molecule has 1 aromatic carbocycles. The summed E-state index contributed by atoms with van der Waals surface area (Å²) in [6.45, 7) is 1.61. The van der Waals surface area contributed by atoms with Crippen molar-refractivity contribution in [3.63, 3.8) is 0 Å². The monoisotopic (exact) mass is 373 g/mol. The highest BCUT2D eigenvalue weighted by molar-refractivity contribution is 9.08. The number of halogens is 2. The first-order chi connectivity index (χ1) is 10.2. The Kier molecular flexibility index (Phi) is 5.99.